The lowest BCUT2D eigenvalue weighted by Gasteiger charge is -2.28. The van der Waals surface area contributed by atoms with E-state index in [-0.39, 0.29) is 18.3 Å². The van der Waals surface area contributed by atoms with E-state index in [1.54, 1.807) is 36.5 Å². The zero-order chi connectivity index (χ0) is 17.7. The van der Waals surface area contributed by atoms with Crippen LogP contribution in [0.1, 0.15) is 12.0 Å². The highest BCUT2D eigenvalue weighted by atomic mass is 19.1. The van der Waals surface area contributed by atoms with E-state index in [0.29, 0.717) is 31.7 Å². The molecule has 1 aliphatic heterocycles. The third-order valence-corrected chi connectivity index (χ3v) is 4.50. The van der Waals surface area contributed by atoms with Crippen molar-refractivity contribution in [3.8, 4) is 5.75 Å². The molecule has 5 nitrogen and oxygen atoms in total. The van der Waals surface area contributed by atoms with Gasteiger partial charge in [0.1, 0.15) is 23.8 Å². The van der Waals surface area contributed by atoms with Crippen molar-refractivity contribution in [3.05, 3.63) is 60.2 Å². The van der Waals surface area contributed by atoms with Gasteiger partial charge in [0.15, 0.2) is 0 Å². The molecule has 132 valence electrons. The molecule has 25 heavy (non-hydrogen) atoms. The van der Waals surface area contributed by atoms with Gasteiger partial charge in [0.25, 0.3) is 0 Å². The Bertz CT molecular complexity index is 726. The molecule has 0 bridgehead atoms. The molecule has 3 rings (SSSR count). The van der Waals surface area contributed by atoms with Gasteiger partial charge in [-0.15, -0.1) is 0 Å². The quantitative estimate of drug-likeness (QED) is 0.808. The molecule has 1 saturated heterocycles. The number of hydrogen-bond acceptors (Lipinski definition) is 4. The summed E-state index contributed by atoms with van der Waals surface area (Å²) in [5, 5.41) is 0. The fraction of sp³-hybridized carbons (Fsp3) is 0.368. The molecule has 0 N–H and O–H groups in total. The number of nitrogens with zero attached hydrogens (tertiary/aromatic N) is 2. The van der Waals surface area contributed by atoms with Gasteiger partial charge in [-0.05, 0) is 36.2 Å². The number of carbonyl (C=O) groups excluding carboxylic acids is 1. The molecule has 2 aromatic rings. The molecule has 1 amide bonds. The molecule has 0 aliphatic carbocycles. The topological polar surface area (TPSA) is 51.7 Å². The highest BCUT2D eigenvalue weighted by Crippen LogP contribution is 2.27. The summed E-state index contributed by atoms with van der Waals surface area (Å²) in [5.41, 5.74) is 0.367. The zero-order valence-electron chi connectivity index (χ0n) is 14.2. The molecule has 0 spiro atoms. The number of benzene rings is 1. The van der Waals surface area contributed by atoms with E-state index in [0.717, 1.165) is 5.56 Å². The third kappa shape index (κ3) is 4.33. The van der Waals surface area contributed by atoms with E-state index in [2.05, 4.69) is 4.98 Å². The van der Waals surface area contributed by atoms with Gasteiger partial charge in [0.2, 0.25) is 5.91 Å². The first-order valence-electron chi connectivity index (χ1n) is 8.20. The van der Waals surface area contributed by atoms with Crippen molar-refractivity contribution < 1.29 is 18.7 Å². The Balaban J connectivity index is 1.59. The number of methoxy groups -OCH3 is 1. The molecular weight excluding hydrogens is 323 g/mol. The van der Waals surface area contributed by atoms with Crippen LogP contribution in [0.3, 0.4) is 0 Å². The molecule has 1 atom stereocenters. The maximum absolute atomic E-state index is 13.3. The van der Waals surface area contributed by atoms with Crippen LogP contribution in [0.2, 0.25) is 0 Å². The highest BCUT2D eigenvalue weighted by molar-refractivity contribution is 5.79. The standard InChI is InChI=1S/C19H21FN2O3/c1-24-19(14-25-17-4-2-3-16(20)12-17)7-10-22(13-19)18(23)11-15-5-8-21-9-6-15/h2-6,8-9,12H,7,10-11,13-14H2,1H3. The van der Waals surface area contributed by atoms with Crippen LogP contribution in [0, 0.1) is 5.82 Å². The molecular formula is C19H21FN2O3. The van der Waals surface area contributed by atoms with Crippen molar-refractivity contribution in [3.63, 3.8) is 0 Å². The Kier molecular flexibility index (Phi) is 5.28. The van der Waals surface area contributed by atoms with Crippen molar-refractivity contribution in [1.29, 1.82) is 0 Å². The second-order valence-corrected chi connectivity index (χ2v) is 6.23. The fourth-order valence-electron chi connectivity index (χ4n) is 2.96. The SMILES string of the molecule is COC1(COc2cccc(F)c2)CCN(C(=O)Cc2ccncc2)C1. The molecule has 1 aromatic heterocycles. The summed E-state index contributed by atoms with van der Waals surface area (Å²) in [6.45, 7) is 1.35. The average molecular weight is 344 g/mol. The first-order chi connectivity index (χ1) is 12.1. The largest absolute Gasteiger partial charge is 0.490 e. The number of halogens is 1. The Hall–Kier alpha value is -2.47. The van der Waals surface area contributed by atoms with Gasteiger partial charge >= 0.3 is 0 Å². The summed E-state index contributed by atoms with van der Waals surface area (Å²) >= 11 is 0. The molecule has 6 heteroatoms. The van der Waals surface area contributed by atoms with Gasteiger partial charge in [-0.25, -0.2) is 4.39 Å². The number of ether oxygens (including phenoxy) is 2. The van der Waals surface area contributed by atoms with Crippen LogP contribution >= 0.6 is 0 Å². The van der Waals surface area contributed by atoms with E-state index >= 15 is 0 Å². The lowest BCUT2D eigenvalue weighted by Crippen LogP contribution is -2.42. The molecule has 0 radical (unpaired) electrons. The van der Waals surface area contributed by atoms with Gasteiger partial charge in [-0.2, -0.15) is 0 Å². The van der Waals surface area contributed by atoms with Crippen LogP contribution < -0.4 is 4.74 Å². The maximum atomic E-state index is 13.3. The monoisotopic (exact) mass is 344 g/mol. The number of hydrogen-bond donors (Lipinski definition) is 0. The number of amides is 1. The minimum atomic E-state index is -0.569. The molecule has 1 aliphatic rings. The summed E-state index contributed by atoms with van der Waals surface area (Å²) in [6, 6.07) is 9.69. The predicted molar refractivity (Wildman–Crippen MR) is 90.8 cm³/mol. The zero-order valence-corrected chi connectivity index (χ0v) is 14.2. The number of aromatic nitrogens is 1. The van der Waals surface area contributed by atoms with Gasteiger partial charge < -0.3 is 14.4 Å². The number of pyridine rings is 1. The van der Waals surface area contributed by atoms with Crippen LogP contribution in [0.5, 0.6) is 5.75 Å². The van der Waals surface area contributed by atoms with Crippen molar-refractivity contribution in [2.45, 2.75) is 18.4 Å². The van der Waals surface area contributed by atoms with Crippen LogP contribution in [0.4, 0.5) is 4.39 Å². The van der Waals surface area contributed by atoms with E-state index in [1.165, 1.54) is 12.1 Å². The Morgan fingerprint density at radius 3 is 2.84 bits per heavy atom. The van der Waals surface area contributed by atoms with Crippen molar-refractivity contribution in [2.24, 2.45) is 0 Å². The Morgan fingerprint density at radius 1 is 1.32 bits per heavy atom. The lowest BCUT2D eigenvalue weighted by atomic mass is 10.0. The van der Waals surface area contributed by atoms with Gasteiger partial charge in [0, 0.05) is 32.1 Å². The lowest BCUT2D eigenvalue weighted by molar-refractivity contribution is -0.131. The summed E-state index contributed by atoms with van der Waals surface area (Å²) in [4.78, 5) is 18.2. The first-order valence-corrected chi connectivity index (χ1v) is 8.20. The van der Waals surface area contributed by atoms with E-state index in [9.17, 15) is 9.18 Å². The second kappa shape index (κ2) is 7.61. The van der Waals surface area contributed by atoms with Crippen LogP contribution in [-0.4, -0.2) is 48.2 Å². The van der Waals surface area contributed by atoms with E-state index in [4.69, 9.17) is 9.47 Å². The number of likely N-dealkylation sites (tertiary alicyclic amines) is 1. The molecule has 1 unspecified atom stereocenters. The van der Waals surface area contributed by atoms with Gasteiger partial charge in [-0.1, -0.05) is 6.07 Å². The normalized spacial score (nSPS) is 19.8. The maximum Gasteiger partial charge on any atom is 0.227 e. The Morgan fingerprint density at radius 2 is 2.12 bits per heavy atom. The van der Waals surface area contributed by atoms with Crippen LogP contribution in [0.25, 0.3) is 0 Å². The van der Waals surface area contributed by atoms with Crippen LogP contribution in [-0.2, 0) is 16.0 Å². The van der Waals surface area contributed by atoms with Crippen molar-refractivity contribution in [2.75, 3.05) is 26.8 Å². The van der Waals surface area contributed by atoms with Crippen molar-refractivity contribution in [1.82, 2.24) is 9.88 Å². The van der Waals surface area contributed by atoms with Crippen LogP contribution in [0.15, 0.2) is 48.8 Å². The van der Waals surface area contributed by atoms with Crippen molar-refractivity contribution >= 4 is 5.91 Å². The average Bonchev–Trinajstić information content (AvgIpc) is 3.06. The fourth-order valence-corrected chi connectivity index (χ4v) is 2.96. The summed E-state index contributed by atoms with van der Waals surface area (Å²) in [7, 11) is 1.62. The van der Waals surface area contributed by atoms with E-state index in [1.807, 2.05) is 12.1 Å². The highest BCUT2D eigenvalue weighted by Gasteiger charge is 2.41. The molecule has 0 saturated carbocycles. The summed E-state index contributed by atoms with van der Waals surface area (Å²) < 4.78 is 24.6. The molecule has 1 fully saturated rings. The predicted octanol–water partition coefficient (Wildman–Crippen LogP) is 2.46. The second-order valence-electron chi connectivity index (χ2n) is 6.23. The third-order valence-electron chi connectivity index (χ3n) is 4.50. The molecule has 1 aromatic carbocycles. The van der Waals surface area contributed by atoms with E-state index < -0.39 is 5.60 Å². The smallest absolute Gasteiger partial charge is 0.227 e. The number of rotatable bonds is 6. The van der Waals surface area contributed by atoms with Gasteiger partial charge in [0.05, 0.1) is 13.0 Å². The summed E-state index contributed by atoms with van der Waals surface area (Å²) in [6.07, 6.45) is 4.38. The summed E-state index contributed by atoms with van der Waals surface area (Å²) in [5.74, 6) is 0.165. The van der Waals surface area contributed by atoms with Gasteiger partial charge in [-0.3, -0.25) is 9.78 Å². The minimum Gasteiger partial charge on any atom is -0.490 e. The first kappa shape index (κ1) is 17.4. The minimum absolute atomic E-state index is 0.0517. The molecule has 2 heterocycles. The Labute approximate surface area is 146 Å². The number of carbonyl (C=O) groups is 1.